The van der Waals surface area contributed by atoms with Crippen LogP contribution in [0.1, 0.15) is 32.8 Å². The van der Waals surface area contributed by atoms with Gasteiger partial charge in [-0.05, 0) is 38.8 Å². The Morgan fingerprint density at radius 3 is 2.75 bits per heavy atom. The molecule has 108 valence electrons. The smallest absolute Gasteiger partial charge is 0.0684 e. The fourth-order valence-electron chi connectivity index (χ4n) is 2.78. The molecule has 0 radical (unpaired) electrons. The molecule has 0 bridgehead atoms. The van der Waals surface area contributed by atoms with Crippen LogP contribution in [0.4, 0.5) is 5.69 Å². The molecule has 0 amide bonds. The molecule has 0 fully saturated rings. The first kappa shape index (κ1) is 14.9. The Hall–Kier alpha value is -1.53. The van der Waals surface area contributed by atoms with Gasteiger partial charge in [0.05, 0.1) is 11.5 Å². The van der Waals surface area contributed by atoms with E-state index in [-0.39, 0.29) is 5.41 Å². The van der Waals surface area contributed by atoms with E-state index in [2.05, 4.69) is 54.1 Å². The molecule has 1 heterocycles. The average molecular weight is 271 g/mol. The minimum Gasteiger partial charge on any atom is -0.373 e. The van der Waals surface area contributed by atoms with Crippen molar-refractivity contribution < 1.29 is 0 Å². The maximum Gasteiger partial charge on any atom is 0.0684 e. The Balaban J connectivity index is 2.14. The Labute approximate surface area is 122 Å². The first-order valence-corrected chi connectivity index (χ1v) is 7.37. The number of para-hydroxylation sites is 1. The number of anilines is 1. The largest absolute Gasteiger partial charge is 0.373 e. The summed E-state index contributed by atoms with van der Waals surface area (Å²) in [6.07, 6.45) is 0.916. The summed E-state index contributed by atoms with van der Waals surface area (Å²) < 4.78 is 0. The molecule has 0 N–H and O–H groups in total. The predicted molar refractivity (Wildman–Crippen MR) is 83.6 cm³/mol. The second-order valence-electron chi connectivity index (χ2n) is 6.57. The molecule has 1 atom stereocenters. The zero-order valence-corrected chi connectivity index (χ0v) is 13.1. The Morgan fingerprint density at radius 2 is 2.05 bits per heavy atom. The van der Waals surface area contributed by atoms with E-state index in [0.29, 0.717) is 6.04 Å². The topological polar surface area (TPSA) is 30.3 Å². The van der Waals surface area contributed by atoms with Gasteiger partial charge >= 0.3 is 0 Å². The van der Waals surface area contributed by atoms with Crippen molar-refractivity contribution >= 4 is 5.69 Å². The molecule has 1 aromatic carbocycles. The molecular formula is C17H25N3. The van der Waals surface area contributed by atoms with Gasteiger partial charge in [0.1, 0.15) is 0 Å². The number of benzene rings is 1. The summed E-state index contributed by atoms with van der Waals surface area (Å²) in [4.78, 5) is 4.84. The molecular weight excluding hydrogens is 246 g/mol. The molecule has 2 rings (SSSR count). The highest BCUT2D eigenvalue weighted by Gasteiger charge is 2.25. The second-order valence-corrected chi connectivity index (χ2v) is 6.57. The number of likely N-dealkylation sites (N-methyl/N-ethyl adjacent to an activating group) is 1. The zero-order valence-electron chi connectivity index (χ0n) is 13.1. The van der Waals surface area contributed by atoms with Crippen molar-refractivity contribution in [2.75, 3.05) is 25.0 Å². The number of hydrogen-bond acceptors (Lipinski definition) is 3. The van der Waals surface area contributed by atoms with E-state index >= 15 is 0 Å². The molecule has 0 spiro atoms. The number of hydrogen-bond donors (Lipinski definition) is 0. The molecule has 0 aliphatic carbocycles. The van der Waals surface area contributed by atoms with Crippen LogP contribution in [-0.2, 0) is 6.54 Å². The van der Waals surface area contributed by atoms with Gasteiger partial charge in [0, 0.05) is 38.4 Å². The van der Waals surface area contributed by atoms with Gasteiger partial charge in [0.2, 0.25) is 0 Å². The van der Waals surface area contributed by atoms with Crippen molar-refractivity contribution in [3.05, 3.63) is 29.8 Å². The first-order valence-electron chi connectivity index (χ1n) is 7.37. The number of nitriles is 1. The van der Waals surface area contributed by atoms with E-state index in [1.165, 1.54) is 11.3 Å². The summed E-state index contributed by atoms with van der Waals surface area (Å²) in [6, 6.07) is 11.5. The van der Waals surface area contributed by atoms with Crippen LogP contribution in [0, 0.1) is 16.7 Å². The Morgan fingerprint density at radius 1 is 1.35 bits per heavy atom. The zero-order chi connectivity index (χ0) is 14.8. The van der Waals surface area contributed by atoms with Gasteiger partial charge < -0.3 is 4.90 Å². The summed E-state index contributed by atoms with van der Waals surface area (Å²) in [7, 11) is 2.16. The summed E-state index contributed by atoms with van der Waals surface area (Å²) in [5.41, 5.74) is 2.48. The van der Waals surface area contributed by atoms with Gasteiger partial charge in [-0.3, -0.25) is 4.90 Å². The lowest BCUT2D eigenvalue weighted by atomic mass is 9.91. The van der Waals surface area contributed by atoms with Crippen molar-refractivity contribution in [3.8, 4) is 6.07 Å². The molecule has 1 aromatic rings. The number of nitrogens with zero attached hydrogens (tertiary/aromatic N) is 3. The fourth-order valence-corrected chi connectivity index (χ4v) is 2.78. The Bertz CT molecular complexity index is 501. The molecule has 1 aliphatic rings. The van der Waals surface area contributed by atoms with E-state index < -0.39 is 0 Å². The highest BCUT2D eigenvalue weighted by Crippen LogP contribution is 2.27. The number of rotatable bonds is 3. The third kappa shape index (κ3) is 3.32. The maximum absolute atomic E-state index is 9.17. The van der Waals surface area contributed by atoms with Gasteiger partial charge in [-0.1, -0.05) is 18.2 Å². The molecule has 3 nitrogen and oxygen atoms in total. The molecule has 20 heavy (non-hydrogen) atoms. The quantitative estimate of drug-likeness (QED) is 0.845. The predicted octanol–water partition coefficient (Wildman–Crippen LogP) is 3.27. The van der Waals surface area contributed by atoms with Crippen molar-refractivity contribution in [1.29, 1.82) is 5.26 Å². The van der Waals surface area contributed by atoms with E-state index in [4.69, 9.17) is 5.26 Å². The molecule has 0 saturated heterocycles. The molecule has 3 heteroatoms. The van der Waals surface area contributed by atoms with Crippen LogP contribution in [0.15, 0.2) is 24.3 Å². The average Bonchev–Trinajstić information content (AvgIpc) is 2.54. The molecule has 0 unspecified atom stereocenters. The van der Waals surface area contributed by atoms with E-state index in [1.807, 2.05) is 13.8 Å². The van der Waals surface area contributed by atoms with Crippen LogP contribution in [0.25, 0.3) is 0 Å². The second kappa shape index (κ2) is 5.85. The van der Waals surface area contributed by atoms with Gasteiger partial charge in [-0.25, -0.2) is 0 Å². The third-order valence-corrected chi connectivity index (χ3v) is 4.26. The van der Waals surface area contributed by atoms with Crippen LogP contribution in [0.2, 0.25) is 0 Å². The highest BCUT2D eigenvalue weighted by atomic mass is 15.2. The fraction of sp³-hybridized carbons (Fsp3) is 0.588. The summed E-state index contributed by atoms with van der Waals surface area (Å²) in [6.45, 7) is 9.31. The SMILES string of the molecule is C[C@H]1CN(C)c2ccccc2CN1CCC(C)(C)C#N. The van der Waals surface area contributed by atoms with Crippen LogP contribution in [0.3, 0.4) is 0 Å². The van der Waals surface area contributed by atoms with Crippen LogP contribution < -0.4 is 4.90 Å². The summed E-state index contributed by atoms with van der Waals surface area (Å²) in [5, 5.41) is 9.17. The maximum atomic E-state index is 9.17. The minimum atomic E-state index is -0.239. The normalized spacial score (nSPS) is 20.1. The lowest BCUT2D eigenvalue weighted by Crippen LogP contribution is -2.39. The van der Waals surface area contributed by atoms with Gasteiger partial charge in [-0.2, -0.15) is 5.26 Å². The lowest BCUT2D eigenvalue weighted by molar-refractivity contribution is 0.187. The van der Waals surface area contributed by atoms with Crippen molar-refractivity contribution in [2.24, 2.45) is 5.41 Å². The van der Waals surface area contributed by atoms with Crippen LogP contribution >= 0.6 is 0 Å². The lowest BCUT2D eigenvalue weighted by Gasteiger charge is -2.30. The van der Waals surface area contributed by atoms with Gasteiger partial charge in [0.15, 0.2) is 0 Å². The van der Waals surface area contributed by atoms with Crippen LogP contribution in [-0.4, -0.2) is 31.1 Å². The highest BCUT2D eigenvalue weighted by molar-refractivity contribution is 5.53. The van der Waals surface area contributed by atoms with Gasteiger partial charge in [0.25, 0.3) is 0 Å². The van der Waals surface area contributed by atoms with E-state index in [0.717, 1.165) is 26.1 Å². The van der Waals surface area contributed by atoms with Crippen molar-refractivity contribution in [1.82, 2.24) is 4.90 Å². The standard InChI is InChI=1S/C17H25N3/c1-14-11-19(4)16-8-6-5-7-15(16)12-20(14)10-9-17(2,3)13-18/h5-8,14H,9-12H2,1-4H3/t14-/m0/s1. The van der Waals surface area contributed by atoms with Crippen molar-refractivity contribution in [3.63, 3.8) is 0 Å². The van der Waals surface area contributed by atoms with Crippen LogP contribution in [0.5, 0.6) is 0 Å². The number of fused-ring (bicyclic) bond motifs is 1. The first-order chi connectivity index (χ1) is 9.43. The van der Waals surface area contributed by atoms with Crippen molar-refractivity contribution in [2.45, 2.75) is 39.8 Å². The Kier molecular flexibility index (Phi) is 4.35. The summed E-state index contributed by atoms with van der Waals surface area (Å²) >= 11 is 0. The molecule has 1 aliphatic heterocycles. The monoisotopic (exact) mass is 271 g/mol. The minimum absolute atomic E-state index is 0.239. The molecule has 0 saturated carbocycles. The van der Waals surface area contributed by atoms with E-state index in [1.54, 1.807) is 0 Å². The molecule has 0 aromatic heterocycles. The van der Waals surface area contributed by atoms with E-state index in [9.17, 15) is 0 Å². The third-order valence-electron chi connectivity index (χ3n) is 4.26. The summed E-state index contributed by atoms with van der Waals surface area (Å²) in [5.74, 6) is 0. The van der Waals surface area contributed by atoms with Gasteiger partial charge in [-0.15, -0.1) is 0 Å².